The summed E-state index contributed by atoms with van der Waals surface area (Å²) in [7, 11) is 3.23. The molecule has 0 aromatic heterocycles. The maximum Gasteiger partial charge on any atom is 0.193 e. The lowest BCUT2D eigenvalue weighted by Gasteiger charge is -2.27. The molecular formula is C19H31N3O3. The highest BCUT2D eigenvalue weighted by Gasteiger charge is 2.33. The Bertz CT molecular complexity index is 569. The van der Waals surface area contributed by atoms with Crippen molar-refractivity contribution in [1.29, 1.82) is 0 Å². The van der Waals surface area contributed by atoms with Gasteiger partial charge in [0.25, 0.3) is 0 Å². The van der Waals surface area contributed by atoms with Gasteiger partial charge >= 0.3 is 0 Å². The number of hydrogen-bond donors (Lipinski definition) is 2. The molecule has 1 fully saturated rings. The third-order valence-electron chi connectivity index (χ3n) is 4.89. The second-order valence-corrected chi connectivity index (χ2v) is 6.55. The molecule has 140 valence electrons. The maximum atomic E-state index is 6.10. The zero-order valence-corrected chi connectivity index (χ0v) is 15.6. The van der Waals surface area contributed by atoms with E-state index in [4.69, 9.17) is 19.9 Å². The molecule has 0 spiro atoms. The van der Waals surface area contributed by atoms with E-state index >= 15 is 0 Å². The minimum atomic E-state index is 0.235. The standard InChI is InChI=1S/C19H31N3O3/c1-4-25-12-11-19(9-5-6-10-19)14-21-18(20)22-15-7-8-16(23-2)17(13-15)24-3/h7-8,13H,4-6,9-12,14H2,1-3H3,(H3,20,21,22). The first-order valence-corrected chi connectivity index (χ1v) is 8.99. The van der Waals surface area contributed by atoms with Crippen molar-refractivity contribution in [1.82, 2.24) is 0 Å². The molecule has 0 bridgehead atoms. The van der Waals surface area contributed by atoms with Crippen LogP contribution in [0.15, 0.2) is 23.2 Å². The molecule has 2 rings (SSSR count). The van der Waals surface area contributed by atoms with Crippen molar-refractivity contribution in [2.45, 2.75) is 39.0 Å². The highest BCUT2D eigenvalue weighted by atomic mass is 16.5. The summed E-state index contributed by atoms with van der Waals surface area (Å²) in [6.07, 6.45) is 5.99. The van der Waals surface area contributed by atoms with Gasteiger partial charge < -0.3 is 25.3 Å². The summed E-state index contributed by atoms with van der Waals surface area (Å²) in [4.78, 5) is 4.61. The van der Waals surface area contributed by atoms with E-state index in [-0.39, 0.29) is 5.41 Å². The number of anilines is 1. The van der Waals surface area contributed by atoms with Gasteiger partial charge in [0.1, 0.15) is 0 Å². The second-order valence-electron chi connectivity index (χ2n) is 6.55. The Labute approximate surface area is 150 Å². The molecule has 1 saturated carbocycles. The van der Waals surface area contributed by atoms with Crippen LogP contribution in [0.25, 0.3) is 0 Å². The molecule has 6 nitrogen and oxygen atoms in total. The Morgan fingerprint density at radius 1 is 1.20 bits per heavy atom. The Kier molecular flexibility index (Phi) is 7.37. The number of guanidine groups is 1. The lowest BCUT2D eigenvalue weighted by Crippen LogP contribution is -2.28. The fourth-order valence-corrected chi connectivity index (χ4v) is 3.40. The Hall–Kier alpha value is -1.95. The van der Waals surface area contributed by atoms with Gasteiger partial charge in [0.2, 0.25) is 0 Å². The van der Waals surface area contributed by atoms with Gasteiger partial charge in [0.05, 0.1) is 14.2 Å². The predicted octanol–water partition coefficient (Wildman–Crippen LogP) is 3.42. The Balaban J connectivity index is 1.98. The molecule has 1 aromatic rings. The van der Waals surface area contributed by atoms with Crippen LogP contribution in [0, 0.1) is 5.41 Å². The number of benzene rings is 1. The second kappa shape index (κ2) is 9.51. The van der Waals surface area contributed by atoms with Crippen LogP contribution in [0.2, 0.25) is 0 Å². The van der Waals surface area contributed by atoms with E-state index < -0.39 is 0 Å². The number of aliphatic imine (C=N–C) groups is 1. The number of ether oxygens (including phenoxy) is 3. The summed E-state index contributed by atoms with van der Waals surface area (Å²) in [5.41, 5.74) is 7.16. The number of hydrogen-bond acceptors (Lipinski definition) is 4. The smallest absolute Gasteiger partial charge is 0.193 e. The molecule has 0 unspecified atom stereocenters. The van der Waals surface area contributed by atoms with Gasteiger partial charge in [0.15, 0.2) is 17.5 Å². The van der Waals surface area contributed by atoms with Crippen molar-refractivity contribution in [2.24, 2.45) is 16.1 Å². The monoisotopic (exact) mass is 349 g/mol. The van der Waals surface area contributed by atoms with Crippen LogP contribution in [-0.2, 0) is 4.74 Å². The van der Waals surface area contributed by atoms with Crippen molar-refractivity contribution in [2.75, 3.05) is 39.3 Å². The molecule has 6 heteroatoms. The summed E-state index contributed by atoms with van der Waals surface area (Å²) in [6.45, 7) is 4.34. The topological polar surface area (TPSA) is 78.1 Å². The highest BCUT2D eigenvalue weighted by molar-refractivity contribution is 5.92. The molecule has 0 saturated heterocycles. The van der Waals surface area contributed by atoms with Gasteiger partial charge in [-0.05, 0) is 43.7 Å². The molecular weight excluding hydrogens is 318 g/mol. The Morgan fingerprint density at radius 2 is 1.92 bits per heavy atom. The molecule has 0 atom stereocenters. The molecule has 0 radical (unpaired) electrons. The normalized spacial score (nSPS) is 16.7. The zero-order valence-electron chi connectivity index (χ0n) is 15.6. The first-order chi connectivity index (χ1) is 12.1. The summed E-state index contributed by atoms with van der Waals surface area (Å²) >= 11 is 0. The number of nitrogens with zero attached hydrogens (tertiary/aromatic N) is 1. The average molecular weight is 349 g/mol. The number of methoxy groups -OCH3 is 2. The van der Waals surface area contributed by atoms with E-state index in [2.05, 4.69) is 10.3 Å². The SMILES string of the molecule is CCOCCC1(CN=C(N)Nc2ccc(OC)c(OC)c2)CCCC1. The van der Waals surface area contributed by atoms with Crippen molar-refractivity contribution < 1.29 is 14.2 Å². The third-order valence-corrected chi connectivity index (χ3v) is 4.89. The lowest BCUT2D eigenvalue weighted by molar-refractivity contribution is 0.107. The minimum Gasteiger partial charge on any atom is -0.493 e. The van der Waals surface area contributed by atoms with Crippen LogP contribution < -0.4 is 20.5 Å². The molecule has 25 heavy (non-hydrogen) atoms. The molecule has 0 aliphatic heterocycles. The van der Waals surface area contributed by atoms with Crippen LogP contribution in [0.1, 0.15) is 39.0 Å². The largest absolute Gasteiger partial charge is 0.493 e. The fourth-order valence-electron chi connectivity index (χ4n) is 3.40. The van der Waals surface area contributed by atoms with E-state index in [9.17, 15) is 0 Å². The average Bonchev–Trinajstić information content (AvgIpc) is 3.09. The fraction of sp³-hybridized carbons (Fsp3) is 0.632. The quantitative estimate of drug-likeness (QED) is 0.406. The summed E-state index contributed by atoms with van der Waals surface area (Å²) < 4.78 is 16.1. The van der Waals surface area contributed by atoms with E-state index in [0.717, 1.165) is 31.9 Å². The van der Waals surface area contributed by atoms with Crippen molar-refractivity contribution in [3.63, 3.8) is 0 Å². The first-order valence-electron chi connectivity index (χ1n) is 8.99. The molecule has 1 aliphatic carbocycles. The number of nitrogens with two attached hydrogens (primary N) is 1. The minimum absolute atomic E-state index is 0.235. The van der Waals surface area contributed by atoms with Gasteiger partial charge in [-0.2, -0.15) is 0 Å². The van der Waals surface area contributed by atoms with Crippen LogP contribution in [0.3, 0.4) is 0 Å². The molecule has 1 aliphatic rings. The molecule has 0 heterocycles. The highest BCUT2D eigenvalue weighted by Crippen LogP contribution is 2.41. The van der Waals surface area contributed by atoms with Gasteiger partial charge in [-0.3, -0.25) is 4.99 Å². The van der Waals surface area contributed by atoms with E-state index in [1.807, 2.05) is 25.1 Å². The van der Waals surface area contributed by atoms with E-state index in [0.29, 0.717) is 17.5 Å². The van der Waals surface area contributed by atoms with Crippen LogP contribution in [0.4, 0.5) is 5.69 Å². The van der Waals surface area contributed by atoms with Crippen molar-refractivity contribution in [3.8, 4) is 11.5 Å². The van der Waals surface area contributed by atoms with E-state index in [1.54, 1.807) is 14.2 Å². The van der Waals surface area contributed by atoms with Gasteiger partial charge in [0, 0.05) is 31.5 Å². The van der Waals surface area contributed by atoms with Crippen molar-refractivity contribution >= 4 is 11.6 Å². The summed E-state index contributed by atoms with van der Waals surface area (Å²) in [5.74, 6) is 1.77. The van der Waals surface area contributed by atoms with Gasteiger partial charge in [-0.25, -0.2) is 0 Å². The van der Waals surface area contributed by atoms with Crippen LogP contribution in [0.5, 0.6) is 11.5 Å². The lowest BCUT2D eigenvalue weighted by atomic mass is 9.83. The van der Waals surface area contributed by atoms with E-state index in [1.165, 1.54) is 25.7 Å². The molecule has 0 amide bonds. The summed E-state index contributed by atoms with van der Waals surface area (Å²) in [5, 5.41) is 3.14. The first kappa shape index (κ1) is 19.4. The number of nitrogens with one attached hydrogen (secondary N) is 1. The number of rotatable bonds is 9. The van der Waals surface area contributed by atoms with Crippen LogP contribution in [-0.4, -0.2) is 39.9 Å². The zero-order chi connectivity index (χ0) is 18.1. The third kappa shape index (κ3) is 5.53. The van der Waals surface area contributed by atoms with Gasteiger partial charge in [-0.1, -0.05) is 12.8 Å². The van der Waals surface area contributed by atoms with Crippen molar-refractivity contribution in [3.05, 3.63) is 18.2 Å². The maximum absolute atomic E-state index is 6.10. The van der Waals surface area contributed by atoms with Crippen LogP contribution >= 0.6 is 0 Å². The predicted molar refractivity (Wildman–Crippen MR) is 102 cm³/mol. The molecule has 1 aromatic carbocycles. The Morgan fingerprint density at radius 3 is 2.56 bits per heavy atom. The summed E-state index contributed by atoms with van der Waals surface area (Å²) in [6, 6.07) is 5.58. The van der Waals surface area contributed by atoms with Gasteiger partial charge in [-0.15, -0.1) is 0 Å². The molecule has 3 N–H and O–H groups in total.